The van der Waals surface area contributed by atoms with Crippen molar-refractivity contribution >= 4 is 39.3 Å². The van der Waals surface area contributed by atoms with Gasteiger partial charge in [-0.3, -0.25) is 14.7 Å². The molecule has 0 atom stereocenters. The average molecular weight is 372 g/mol. The molecule has 0 unspecified atom stereocenters. The Labute approximate surface area is 134 Å². The van der Waals surface area contributed by atoms with Gasteiger partial charge in [-0.1, -0.05) is 33.8 Å². The lowest BCUT2D eigenvalue weighted by atomic mass is 10.2. The molecule has 0 amide bonds. The Morgan fingerprint density at radius 3 is 2.76 bits per heavy atom. The zero-order valence-electron chi connectivity index (χ0n) is 11.5. The number of anilines is 1. The molecule has 0 aliphatic carbocycles. The monoisotopic (exact) mass is 371 g/mol. The van der Waals surface area contributed by atoms with Crippen molar-refractivity contribution in [2.75, 3.05) is 5.73 Å². The van der Waals surface area contributed by atoms with E-state index in [1.54, 1.807) is 6.07 Å². The minimum Gasteiger partial charge on any atom is -0.368 e. The van der Waals surface area contributed by atoms with Gasteiger partial charge in [0, 0.05) is 28.4 Å². The molecule has 0 saturated heterocycles. The normalized spacial score (nSPS) is 11.0. The smallest absolute Gasteiger partial charge is 0.270 e. The van der Waals surface area contributed by atoms with Gasteiger partial charge < -0.3 is 5.73 Å². The number of nitro benzene ring substituents is 1. The first kappa shape index (κ1) is 15.8. The summed E-state index contributed by atoms with van der Waals surface area (Å²) in [6, 6.07) is 4.89. The minimum absolute atomic E-state index is 0.0604. The highest BCUT2D eigenvalue weighted by atomic mass is 79.9. The van der Waals surface area contributed by atoms with E-state index in [1.165, 1.54) is 23.9 Å². The summed E-state index contributed by atoms with van der Waals surface area (Å²) in [6.45, 7) is 4.01. The number of halogens is 1. The number of nitro groups is 1. The first-order chi connectivity index (χ1) is 9.90. The molecule has 1 aromatic heterocycles. The van der Waals surface area contributed by atoms with Crippen molar-refractivity contribution in [3.8, 4) is 0 Å². The maximum atomic E-state index is 10.7. The summed E-state index contributed by atoms with van der Waals surface area (Å²) < 4.78 is 2.55. The van der Waals surface area contributed by atoms with Crippen LogP contribution in [-0.4, -0.2) is 19.7 Å². The van der Waals surface area contributed by atoms with E-state index in [1.807, 2.05) is 18.4 Å². The summed E-state index contributed by atoms with van der Waals surface area (Å²) in [5.41, 5.74) is 6.79. The second-order valence-electron chi connectivity index (χ2n) is 4.63. The topological polar surface area (TPSA) is 99.9 Å². The summed E-state index contributed by atoms with van der Waals surface area (Å²) in [4.78, 5) is 10.3. The van der Waals surface area contributed by atoms with Crippen molar-refractivity contribution in [3.63, 3.8) is 0 Å². The molecule has 0 aliphatic rings. The molecule has 2 rings (SSSR count). The molecule has 1 heterocycles. The van der Waals surface area contributed by atoms with E-state index in [9.17, 15) is 10.1 Å². The number of hydrogen-bond acceptors (Lipinski definition) is 6. The summed E-state index contributed by atoms with van der Waals surface area (Å²) in [6.07, 6.45) is 0. The number of nitrogens with two attached hydrogens (primary N) is 1. The van der Waals surface area contributed by atoms with Crippen molar-refractivity contribution < 1.29 is 4.92 Å². The molecule has 0 aliphatic heterocycles. The Hall–Kier alpha value is -1.61. The minimum atomic E-state index is -0.419. The fourth-order valence-electron chi connectivity index (χ4n) is 1.78. The van der Waals surface area contributed by atoms with Gasteiger partial charge in [0.2, 0.25) is 5.95 Å². The lowest BCUT2D eigenvalue weighted by Gasteiger charge is -2.11. The molecule has 0 spiro atoms. The number of rotatable bonds is 5. The molecule has 21 heavy (non-hydrogen) atoms. The number of nitrogens with zero attached hydrogens (tertiary/aromatic N) is 4. The van der Waals surface area contributed by atoms with Crippen LogP contribution in [0.5, 0.6) is 0 Å². The van der Waals surface area contributed by atoms with Gasteiger partial charge in [0.1, 0.15) is 0 Å². The molecule has 2 aromatic rings. The van der Waals surface area contributed by atoms with E-state index in [2.05, 4.69) is 26.1 Å². The van der Waals surface area contributed by atoms with Crippen LogP contribution >= 0.6 is 27.7 Å². The van der Waals surface area contributed by atoms with Crippen molar-refractivity contribution in [1.29, 1.82) is 0 Å². The SMILES string of the molecule is CC(C)n1c(N)nnc1SCc1ccc([N+](=O)[O-])cc1Br. The number of aromatic nitrogens is 3. The van der Waals surface area contributed by atoms with Crippen LogP contribution in [0.25, 0.3) is 0 Å². The van der Waals surface area contributed by atoms with Gasteiger partial charge in [0.15, 0.2) is 5.16 Å². The molecule has 0 saturated carbocycles. The number of thioether (sulfide) groups is 1. The molecule has 0 radical (unpaired) electrons. The lowest BCUT2D eigenvalue weighted by Crippen LogP contribution is -2.07. The van der Waals surface area contributed by atoms with Gasteiger partial charge in [0.25, 0.3) is 5.69 Å². The molecule has 7 nitrogen and oxygen atoms in total. The van der Waals surface area contributed by atoms with E-state index in [0.717, 1.165) is 10.7 Å². The standard InChI is InChI=1S/C12H14BrN5O2S/c1-7(2)17-11(14)15-16-12(17)21-6-8-3-4-9(18(19)20)5-10(8)13/h3-5,7H,6H2,1-2H3,(H2,14,15). The number of non-ortho nitro benzene ring substituents is 1. The second-order valence-corrected chi connectivity index (χ2v) is 6.42. The van der Waals surface area contributed by atoms with Crippen LogP contribution in [0.2, 0.25) is 0 Å². The Morgan fingerprint density at radius 1 is 1.48 bits per heavy atom. The predicted molar refractivity (Wildman–Crippen MR) is 85.2 cm³/mol. The van der Waals surface area contributed by atoms with Crippen molar-refractivity contribution in [2.45, 2.75) is 30.8 Å². The quantitative estimate of drug-likeness (QED) is 0.491. The third-order valence-corrected chi connectivity index (χ3v) is 4.54. The van der Waals surface area contributed by atoms with Crippen LogP contribution in [0.3, 0.4) is 0 Å². The molecule has 1 aromatic carbocycles. The predicted octanol–water partition coefficient (Wildman–Crippen LogP) is 3.40. The zero-order chi connectivity index (χ0) is 15.6. The average Bonchev–Trinajstić information content (AvgIpc) is 2.78. The number of hydrogen-bond donors (Lipinski definition) is 1. The number of nitrogen functional groups attached to an aromatic ring is 1. The van der Waals surface area contributed by atoms with E-state index >= 15 is 0 Å². The fourth-order valence-corrected chi connectivity index (χ4v) is 3.55. The summed E-state index contributed by atoms with van der Waals surface area (Å²) >= 11 is 4.84. The first-order valence-corrected chi connectivity index (χ1v) is 7.94. The third kappa shape index (κ3) is 3.53. The Morgan fingerprint density at radius 2 is 2.19 bits per heavy atom. The van der Waals surface area contributed by atoms with Crippen LogP contribution < -0.4 is 5.73 Å². The van der Waals surface area contributed by atoms with Crippen LogP contribution in [0.15, 0.2) is 27.8 Å². The Balaban J connectivity index is 2.15. The van der Waals surface area contributed by atoms with Crippen LogP contribution in [-0.2, 0) is 5.75 Å². The Kier molecular flexibility index (Phi) is 4.84. The van der Waals surface area contributed by atoms with Gasteiger partial charge in [-0.05, 0) is 19.4 Å². The van der Waals surface area contributed by atoms with Crippen LogP contribution in [0.1, 0.15) is 25.5 Å². The van der Waals surface area contributed by atoms with E-state index in [4.69, 9.17) is 5.73 Å². The summed E-state index contributed by atoms with van der Waals surface area (Å²) in [5, 5.41) is 19.4. The largest absolute Gasteiger partial charge is 0.368 e. The van der Waals surface area contributed by atoms with E-state index < -0.39 is 4.92 Å². The van der Waals surface area contributed by atoms with E-state index in [0.29, 0.717) is 16.2 Å². The molecular weight excluding hydrogens is 358 g/mol. The van der Waals surface area contributed by atoms with Crippen LogP contribution in [0, 0.1) is 10.1 Å². The highest BCUT2D eigenvalue weighted by molar-refractivity contribution is 9.10. The molecular formula is C12H14BrN5O2S. The maximum Gasteiger partial charge on any atom is 0.270 e. The maximum absolute atomic E-state index is 10.7. The van der Waals surface area contributed by atoms with Gasteiger partial charge in [-0.2, -0.15) is 0 Å². The summed E-state index contributed by atoms with van der Waals surface area (Å²) in [7, 11) is 0. The molecule has 0 fully saturated rings. The van der Waals surface area contributed by atoms with Gasteiger partial charge in [0.05, 0.1) is 4.92 Å². The highest BCUT2D eigenvalue weighted by Crippen LogP contribution is 2.30. The zero-order valence-corrected chi connectivity index (χ0v) is 13.9. The van der Waals surface area contributed by atoms with Gasteiger partial charge >= 0.3 is 0 Å². The number of benzene rings is 1. The van der Waals surface area contributed by atoms with Gasteiger partial charge in [-0.15, -0.1) is 10.2 Å². The van der Waals surface area contributed by atoms with Gasteiger partial charge in [-0.25, -0.2) is 0 Å². The lowest BCUT2D eigenvalue weighted by molar-refractivity contribution is -0.384. The highest BCUT2D eigenvalue weighted by Gasteiger charge is 2.14. The van der Waals surface area contributed by atoms with Crippen molar-refractivity contribution in [1.82, 2.24) is 14.8 Å². The van der Waals surface area contributed by atoms with Crippen LogP contribution in [0.4, 0.5) is 11.6 Å². The molecule has 9 heteroatoms. The van der Waals surface area contributed by atoms with Crippen molar-refractivity contribution in [2.24, 2.45) is 0 Å². The van der Waals surface area contributed by atoms with Crippen molar-refractivity contribution in [3.05, 3.63) is 38.3 Å². The summed E-state index contributed by atoms with van der Waals surface area (Å²) in [5.74, 6) is 0.999. The van der Waals surface area contributed by atoms with E-state index in [-0.39, 0.29) is 11.7 Å². The third-order valence-electron chi connectivity index (χ3n) is 2.81. The fraction of sp³-hybridized carbons (Fsp3) is 0.333. The molecule has 2 N–H and O–H groups in total. The molecule has 112 valence electrons. The Bertz CT molecular complexity index is 674. The second kappa shape index (κ2) is 6.44. The molecule has 0 bridgehead atoms. The first-order valence-electron chi connectivity index (χ1n) is 6.16.